The van der Waals surface area contributed by atoms with Gasteiger partial charge in [-0.05, 0) is 4.98 Å². The Morgan fingerprint density at radius 1 is 1.62 bits per heavy atom. The minimum Gasteiger partial charge on any atom is -0.221 e. The Kier molecular flexibility index (Phi) is 1.15. The molecule has 0 saturated heterocycles. The third-order valence-electron chi connectivity index (χ3n) is 0.669. The Morgan fingerprint density at radius 2 is 2.50 bits per heavy atom. The highest BCUT2D eigenvalue weighted by atomic mass is 15.0. The van der Waals surface area contributed by atoms with Crippen molar-refractivity contribution in [3.63, 3.8) is 0 Å². The second-order valence-corrected chi connectivity index (χ2v) is 1.17. The maximum Gasteiger partial charge on any atom is 0.467 e. The Labute approximate surface area is 45.8 Å². The van der Waals surface area contributed by atoms with Gasteiger partial charge in [0.25, 0.3) is 0 Å². The predicted molar refractivity (Wildman–Crippen MR) is 26.8 cm³/mol. The minimum absolute atomic E-state index is 0.278. The van der Waals surface area contributed by atoms with E-state index >= 15 is 0 Å². The highest BCUT2D eigenvalue weighted by Gasteiger charge is 1.98. The highest BCUT2D eigenvalue weighted by Crippen LogP contribution is 2.00. The number of rotatable bonds is 0. The Hall–Kier alpha value is -1.50. The van der Waals surface area contributed by atoms with Crippen LogP contribution >= 0.6 is 0 Å². The summed E-state index contributed by atoms with van der Waals surface area (Å²) >= 11 is 0. The first-order valence-corrected chi connectivity index (χ1v) is 2.04. The fourth-order valence-electron chi connectivity index (χ4n) is 0.343. The van der Waals surface area contributed by atoms with Crippen LogP contribution < -0.4 is 0 Å². The van der Waals surface area contributed by atoms with Crippen molar-refractivity contribution in [3.8, 4) is 0 Å². The van der Waals surface area contributed by atoms with Crippen molar-refractivity contribution in [3.05, 3.63) is 23.6 Å². The SMILES string of the molecule is N#[N+]c1ccncn1. The van der Waals surface area contributed by atoms with Crippen LogP contribution in [-0.4, -0.2) is 9.97 Å². The van der Waals surface area contributed by atoms with Gasteiger partial charge < -0.3 is 0 Å². The van der Waals surface area contributed by atoms with Gasteiger partial charge in [0.1, 0.15) is 0 Å². The lowest BCUT2D eigenvalue weighted by Gasteiger charge is -1.66. The van der Waals surface area contributed by atoms with Crippen molar-refractivity contribution < 1.29 is 0 Å². The molecule has 0 unspecified atom stereocenters. The average Bonchev–Trinajstić information content (AvgIpc) is 1.90. The van der Waals surface area contributed by atoms with Crippen LogP contribution in [-0.2, 0) is 0 Å². The molecule has 0 amide bonds. The molecule has 0 bridgehead atoms. The van der Waals surface area contributed by atoms with E-state index in [4.69, 9.17) is 5.39 Å². The third-order valence-corrected chi connectivity index (χ3v) is 0.669. The standard InChI is InChI=1S/C4H3N4/c5-8-4-1-2-6-3-7-4/h1-3H/q+1. The summed E-state index contributed by atoms with van der Waals surface area (Å²) in [5.74, 6) is 0.278. The largest absolute Gasteiger partial charge is 0.467 e. The molecule has 0 spiro atoms. The molecule has 1 aromatic rings. The number of diazo groups is 1. The van der Waals surface area contributed by atoms with E-state index in [2.05, 4.69) is 14.9 Å². The molecule has 0 N–H and O–H groups in total. The summed E-state index contributed by atoms with van der Waals surface area (Å²) < 4.78 is 0. The Balaban J connectivity index is 3.05. The van der Waals surface area contributed by atoms with Crippen molar-refractivity contribution in [2.75, 3.05) is 0 Å². The first-order valence-electron chi connectivity index (χ1n) is 2.04. The molecule has 0 aliphatic heterocycles. The van der Waals surface area contributed by atoms with Crippen LogP contribution in [0.5, 0.6) is 0 Å². The van der Waals surface area contributed by atoms with Crippen LogP contribution in [0, 0.1) is 5.39 Å². The third kappa shape index (κ3) is 0.763. The molecule has 1 rings (SSSR count). The van der Waals surface area contributed by atoms with Gasteiger partial charge in [-0.15, -0.1) is 0 Å². The topological polar surface area (TPSA) is 53.9 Å². The van der Waals surface area contributed by atoms with E-state index in [0.29, 0.717) is 0 Å². The fourth-order valence-corrected chi connectivity index (χ4v) is 0.343. The zero-order valence-corrected chi connectivity index (χ0v) is 4.02. The van der Waals surface area contributed by atoms with Crippen LogP contribution in [0.3, 0.4) is 0 Å². The maximum atomic E-state index is 8.07. The predicted octanol–water partition coefficient (Wildman–Crippen LogP) is 0.961. The van der Waals surface area contributed by atoms with Gasteiger partial charge in [-0.2, -0.15) is 0 Å². The zero-order valence-electron chi connectivity index (χ0n) is 4.02. The van der Waals surface area contributed by atoms with E-state index < -0.39 is 0 Å². The lowest BCUT2D eigenvalue weighted by Crippen LogP contribution is -1.70. The molecular weight excluding hydrogens is 104 g/mol. The molecule has 0 aliphatic carbocycles. The second-order valence-electron chi connectivity index (χ2n) is 1.17. The minimum atomic E-state index is 0.278. The number of nitrogens with zero attached hydrogens (tertiary/aromatic N) is 4. The van der Waals surface area contributed by atoms with Gasteiger partial charge in [0.15, 0.2) is 0 Å². The van der Waals surface area contributed by atoms with Crippen molar-refractivity contribution in [2.24, 2.45) is 0 Å². The normalized spacial score (nSPS) is 7.88. The number of hydrogen-bond acceptors (Lipinski definition) is 3. The molecule has 0 fully saturated rings. The summed E-state index contributed by atoms with van der Waals surface area (Å²) in [5.41, 5.74) is 0. The summed E-state index contributed by atoms with van der Waals surface area (Å²) in [7, 11) is 0. The first kappa shape index (κ1) is 4.65. The van der Waals surface area contributed by atoms with E-state index in [9.17, 15) is 0 Å². The zero-order chi connectivity index (χ0) is 5.82. The molecule has 1 aromatic heterocycles. The van der Waals surface area contributed by atoms with Crippen LogP contribution in [0.4, 0.5) is 5.82 Å². The summed E-state index contributed by atoms with van der Waals surface area (Å²) in [5, 5.41) is 8.07. The van der Waals surface area contributed by atoms with E-state index in [1.54, 1.807) is 0 Å². The summed E-state index contributed by atoms with van der Waals surface area (Å²) in [4.78, 5) is 10.0. The lowest BCUT2D eigenvalue weighted by molar-refractivity contribution is 1.17. The van der Waals surface area contributed by atoms with Crippen LogP contribution in [0.25, 0.3) is 4.98 Å². The average molecular weight is 107 g/mol. The van der Waals surface area contributed by atoms with Crippen molar-refractivity contribution in [1.82, 2.24) is 9.97 Å². The molecule has 4 heteroatoms. The Morgan fingerprint density at radius 3 is 2.88 bits per heavy atom. The van der Waals surface area contributed by atoms with E-state index in [1.165, 1.54) is 18.6 Å². The van der Waals surface area contributed by atoms with Crippen LogP contribution in [0.2, 0.25) is 0 Å². The molecule has 4 nitrogen and oxygen atoms in total. The summed E-state index contributed by atoms with van der Waals surface area (Å²) in [6, 6.07) is 1.50. The van der Waals surface area contributed by atoms with Crippen molar-refractivity contribution in [1.29, 1.82) is 5.39 Å². The van der Waals surface area contributed by atoms with E-state index in [-0.39, 0.29) is 5.82 Å². The highest BCUT2D eigenvalue weighted by molar-refractivity contribution is 5.30. The Bertz CT molecular complexity index is 199. The van der Waals surface area contributed by atoms with Gasteiger partial charge in [-0.1, -0.05) is 0 Å². The van der Waals surface area contributed by atoms with Gasteiger partial charge in [0.05, 0.1) is 11.5 Å². The molecule has 8 heavy (non-hydrogen) atoms. The smallest absolute Gasteiger partial charge is 0.221 e. The van der Waals surface area contributed by atoms with Crippen molar-refractivity contribution in [2.45, 2.75) is 0 Å². The number of aromatic nitrogens is 2. The quantitative estimate of drug-likeness (QED) is 0.464. The van der Waals surface area contributed by atoms with Gasteiger partial charge >= 0.3 is 5.82 Å². The van der Waals surface area contributed by atoms with Gasteiger partial charge in [-0.25, -0.2) is 4.98 Å². The molecule has 38 valence electrons. The summed E-state index contributed by atoms with van der Waals surface area (Å²) in [6.07, 6.45) is 2.82. The van der Waals surface area contributed by atoms with Crippen molar-refractivity contribution >= 4 is 5.82 Å². The van der Waals surface area contributed by atoms with Gasteiger partial charge in [-0.3, -0.25) is 0 Å². The van der Waals surface area contributed by atoms with Gasteiger partial charge in [0, 0.05) is 11.2 Å². The molecular formula is C4H3N4+. The molecule has 0 aromatic carbocycles. The van der Waals surface area contributed by atoms with Gasteiger partial charge in [0.2, 0.25) is 6.33 Å². The fraction of sp³-hybridized carbons (Fsp3) is 0. The van der Waals surface area contributed by atoms with E-state index in [0.717, 1.165) is 0 Å². The lowest BCUT2D eigenvalue weighted by atomic mass is 10.6. The monoisotopic (exact) mass is 107 g/mol. The molecule has 0 aliphatic rings. The first-order chi connectivity index (χ1) is 3.93. The van der Waals surface area contributed by atoms with Crippen LogP contribution in [0.1, 0.15) is 0 Å². The summed E-state index contributed by atoms with van der Waals surface area (Å²) in [6.45, 7) is 0. The maximum absolute atomic E-state index is 8.07. The number of hydrogen-bond donors (Lipinski definition) is 0. The van der Waals surface area contributed by atoms with E-state index in [1.807, 2.05) is 0 Å². The van der Waals surface area contributed by atoms with Crippen LogP contribution in [0.15, 0.2) is 18.6 Å². The molecule has 0 saturated carbocycles. The molecule has 0 radical (unpaired) electrons. The second kappa shape index (κ2) is 1.98. The molecule has 1 heterocycles. The molecule has 0 atom stereocenters.